The summed E-state index contributed by atoms with van der Waals surface area (Å²) >= 11 is 1.25. The number of thioether (sulfide) groups is 1. The zero-order chi connectivity index (χ0) is 25.5. The minimum atomic E-state index is -0.588. The van der Waals surface area contributed by atoms with Crippen LogP contribution in [0.15, 0.2) is 78.0 Å². The molecule has 1 atom stereocenters. The number of ether oxygens (including phenoxy) is 2. The average molecular weight is 509 g/mol. The van der Waals surface area contributed by atoms with Crippen molar-refractivity contribution in [2.45, 2.75) is 30.9 Å². The van der Waals surface area contributed by atoms with Crippen molar-refractivity contribution in [3.05, 3.63) is 106 Å². The molecular weight excluding hydrogens is 483 g/mol. The van der Waals surface area contributed by atoms with Crippen LogP contribution in [0.4, 0.5) is 4.39 Å². The van der Waals surface area contributed by atoms with Gasteiger partial charge in [0, 0.05) is 16.2 Å². The highest BCUT2D eigenvalue weighted by Gasteiger charge is 2.26. The highest BCUT2D eigenvalue weighted by molar-refractivity contribution is 7.99. The van der Waals surface area contributed by atoms with Crippen molar-refractivity contribution in [1.82, 2.24) is 14.8 Å². The fourth-order valence-electron chi connectivity index (χ4n) is 3.66. The van der Waals surface area contributed by atoms with Crippen molar-refractivity contribution >= 4 is 11.8 Å². The lowest BCUT2D eigenvalue weighted by atomic mass is 10.1. The van der Waals surface area contributed by atoms with E-state index in [0.717, 1.165) is 17.0 Å². The summed E-state index contributed by atoms with van der Waals surface area (Å²) in [6.07, 6.45) is 0. The van der Waals surface area contributed by atoms with Crippen LogP contribution in [0, 0.1) is 22.9 Å². The summed E-state index contributed by atoms with van der Waals surface area (Å²) in [6.45, 7) is 4.18. The smallest absolute Gasteiger partial charge is 0.220 e. The van der Waals surface area contributed by atoms with Gasteiger partial charge in [0.05, 0.1) is 6.61 Å². The molecular formula is C26H25FN4O4S. The van der Waals surface area contributed by atoms with Crippen LogP contribution in [-0.4, -0.2) is 32.8 Å². The van der Waals surface area contributed by atoms with Crippen molar-refractivity contribution in [2.24, 2.45) is 0 Å². The molecule has 0 radical (unpaired) electrons. The van der Waals surface area contributed by atoms with Crippen molar-refractivity contribution < 1.29 is 18.8 Å². The minimum absolute atomic E-state index is 0.203. The number of para-hydroxylation sites is 1. The largest absolute Gasteiger partial charge is 0.494 e. The van der Waals surface area contributed by atoms with Gasteiger partial charge < -0.3 is 9.47 Å². The molecule has 0 fully saturated rings. The van der Waals surface area contributed by atoms with Crippen molar-refractivity contribution in [2.75, 3.05) is 13.2 Å². The van der Waals surface area contributed by atoms with E-state index >= 15 is 0 Å². The van der Waals surface area contributed by atoms with Gasteiger partial charge in [0.1, 0.15) is 35.0 Å². The van der Waals surface area contributed by atoms with Gasteiger partial charge in [0.2, 0.25) is 6.54 Å². The van der Waals surface area contributed by atoms with Gasteiger partial charge in [-0.15, -0.1) is 10.2 Å². The molecule has 3 aromatic carbocycles. The van der Waals surface area contributed by atoms with Crippen LogP contribution in [0.3, 0.4) is 0 Å². The van der Waals surface area contributed by atoms with E-state index in [1.165, 1.54) is 23.9 Å². The summed E-state index contributed by atoms with van der Waals surface area (Å²) in [4.78, 5) is 11.3. The molecule has 0 aliphatic rings. The quantitative estimate of drug-likeness (QED) is 0.144. The Morgan fingerprint density at radius 2 is 1.75 bits per heavy atom. The lowest BCUT2D eigenvalue weighted by Gasteiger charge is -2.18. The predicted octanol–water partition coefficient (Wildman–Crippen LogP) is 5.80. The van der Waals surface area contributed by atoms with Crippen LogP contribution in [0.1, 0.15) is 29.1 Å². The molecule has 1 heterocycles. The fourth-order valence-corrected chi connectivity index (χ4v) is 4.86. The van der Waals surface area contributed by atoms with E-state index in [0.29, 0.717) is 28.9 Å². The normalized spacial score (nSPS) is 11.8. The zero-order valence-electron chi connectivity index (χ0n) is 19.8. The molecule has 8 nitrogen and oxygen atoms in total. The molecule has 36 heavy (non-hydrogen) atoms. The summed E-state index contributed by atoms with van der Waals surface area (Å²) in [5.74, 6) is 1.60. The molecule has 10 heteroatoms. The number of nitrogens with zero attached hydrogens (tertiary/aromatic N) is 4. The number of halogens is 1. The highest BCUT2D eigenvalue weighted by Crippen LogP contribution is 2.40. The van der Waals surface area contributed by atoms with Crippen molar-refractivity contribution in [3.8, 4) is 17.2 Å². The van der Waals surface area contributed by atoms with E-state index in [-0.39, 0.29) is 23.9 Å². The maximum Gasteiger partial charge on any atom is 0.220 e. The van der Waals surface area contributed by atoms with Gasteiger partial charge in [-0.1, -0.05) is 42.1 Å². The van der Waals surface area contributed by atoms with Gasteiger partial charge >= 0.3 is 0 Å². The standard InChI is InChI=1S/C26H25FN4O4S/c1-3-34-22-14-12-21(13-15-22)31-18(2)28-29-26(31)36-25(16-30(32)33)23-6-4-5-7-24(23)35-17-19-8-10-20(27)11-9-19/h4-15,25H,3,16-17H2,1-2H3/t25-/m1/s1. The fraction of sp³-hybridized carbons (Fsp3) is 0.231. The number of rotatable bonds is 11. The maximum absolute atomic E-state index is 13.2. The number of aryl methyl sites for hydroxylation is 1. The first-order chi connectivity index (χ1) is 17.4. The van der Waals surface area contributed by atoms with Gasteiger partial charge in [0.25, 0.3) is 0 Å². The van der Waals surface area contributed by atoms with E-state index in [2.05, 4.69) is 10.2 Å². The summed E-state index contributed by atoms with van der Waals surface area (Å²) in [5, 5.41) is 20.1. The molecule has 0 aliphatic carbocycles. The average Bonchev–Trinajstić information content (AvgIpc) is 3.23. The third-order valence-electron chi connectivity index (χ3n) is 5.34. The molecule has 186 valence electrons. The first-order valence-corrected chi connectivity index (χ1v) is 12.2. The second-order valence-electron chi connectivity index (χ2n) is 7.87. The molecule has 0 spiro atoms. The van der Waals surface area contributed by atoms with Gasteiger partial charge in [0.15, 0.2) is 5.16 Å². The van der Waals surface area contributed by atoms with Gasteiger partial charge in [-0.25, -0.2) is 4.39 Å². The van der Waals surface area contributed by atoms with Crippen LogP contribution in [0.5, 0.6) is 11.5 Å². The van der Waals surface area contributed by atoms with E-state index in [9.17, 15) is 14.5 Å². The number of hydrogen-bond donors (Lipinski definition) is 0. The van der Waals surface area contributed by atoms with Gasteiger partial charge in [-0.3, -0.25) is 14.7 Å². The van der Waals surface area contributed by atoms with Crippen molar-refractivity contribution in [1.29, 1.82) is 0 Å². The molecule has 0 saturated heterocycles. The first-order valence-electron chi connectivity index (χ1n) is 11.3. The summed E-state index contributed by atoms with van der Waals surface area (Å²) in [7, 11) is 0. The Kier molecular flexibility index (Phi) is 8.17. The minimum Gasteiger partial charge on any atom is -0.494 e. The Morgan fingerprint density at radius 1 is 1.03 bits per heavy atom. The van der Waals surface area contributed by atoms with Crippen LogP contribution >= 0.6 is 11.8 Å². The molecule has 4 rings (SSSR count). The monoisotopic (exact) mass is 508 g/mol. The Bertz CT molecular complexity index is 1310. The van der Waals surface area contributed by atoms with E-state index in [1.807, 2.05) is 60.9 Å². The molecule has 1 aromatic heterocycles. The van der Waals surface area contributed by atoms with Crippen LogP contribution in [0.25, 0.3) is 5.69 Å². The Labute approximate surface area is 212 Å². The lowest BCUT2D eigenvalue weighted by molar-refractivity contribution is -0.479. The van der Waals surface area contributed by atoms with E-state index < -0.39 is 5.25 Å². The molecule has 0 unspecified atom stereocenters. The van der Waals surface area contributed by atoms with E-state index in [4.69, 9.17) is 9.47 Å². The molecule has 0 saturated carbocycles. The SMILES string of the molecule is CCOc1ccc(-n2c(C)nnc2S[C@H](C[N+](=O)[O-])c2ccccc2OCc2ccc(F)cc2)cc1. The number of hydrogen-bond acceptors (Lipinski definition) is 7. The lowest BCUT2D eigenvalue weighted by Crippen LogP contribution is -2.12. The zero-order valence-corrected chi connectivity index (χ0v) is 20.7. The molecule has 4 aromatic rings. The summed E-state index contributed by atoms with van der Waals surface area (Å²) in [5.41, 5.74) is 2.28. The number of nitro groups is 1. The van der Waals surface area contributed by atoms with Crippen molar-refractivity contribution in [3.63, 3.8) is 0 Å². The molecule has 0 bridgehead atoms. The molecule has 0 N–H and O–H groups in total. The van der Waals surface area contributed by atoms with Crippen LogP contribution < -0.4 is 9.47 Å². The molecule has 0 aliphatic heterocycles. The highest BCUT2D eigenvalue weighted by atomic mass is 32.2. The molecule has 0 amide bonds. The van der Waals surface area contributed by atoms with Crippen LogP contribution in [0.2, 0.25) is 0 Å². The Hall–Kier alpha value is -3.92. The maximum atomic E-state index is 13.2. The Balaban J connectivity index is 1.61. The summed E-state index contributed by atoms with van der Waals surface area (Å²) < 4.78 is 26.6. The predicted molar refractivity (Wildman–Crippen MR) is 135 cm³/mol. The second kappa shape index (κ2) is 11.7. The van der Waals surface area contributed by atoms with Gasteiger partial charge in [-0.05, 0) is 61.9 Å². The third kappa shape index (κ3) is 6.19. The topological polar surface area (TPSA) is 92.3 Å². The van der Waals surface area contributed by atoms with Gasteiger partial charge in [-0.2, -0.15) is 0 Å². The number of benzene rings is 3. The Morgan fingerprint density at radius 3 is 2.44 bits per heavy atom. The summed E-state index contributed by atoms with van der Waals surface area (Å²) in [6, 6.07) is 20.7. The van der Waals surface area contributed by atoms with Crippen LogP contribution in [-0.2, 0) is 6.61 Å². The second-order valence-corrected chi connectivity index (χ2v) is 9.04. The number of aromatic nitrogens is 3. The first kappa shape index (κ1) is 25.2. The van der Waals surface area contributed by atoms with E-state index in [1.54, 1.807) is 18.2 Å². The third-order valence-corrected chi connectivity index (χ3v) is 6.50.